The zero-order chi connectivity index (χ0) is 9.68. The van der Waals surface area contributed by atoms with Gasteiger partial charge in [0, 0.05) is 29.7 Å². The van der Waals surface area contributed by atoms with E-state index < -0.39 is 10.8 Å². The van der Waals surface area contributed by atoms with Crippen LogP contribution >= 0.6 is 0 Å². The molecule has 0 spiro atoms. The summed E-state index contributed by atoms with van der Waals surface area (Å²) in [7, 11) is 2.90. The first-order valence-electron chi connectivity index (χ1n) is 4.83. The zero-order valence-corrected chi connectivity index (χ0v) is 9.23. The molecule has 3 nitrogen and oxygen atoms in total. The molecule has 0 saturated heterocycles. The minimum atomic E-state index is -0.713. The first-order chi connectivity index (χ1) is 6.29. The van der Waals surface area contributed by atoms with Crippen LogP contribution in [0.1, 0.15) is 19.3 Å². The third-order valence-corrected chi connectivity index (χ3v) is 4.46. The van der Waals surface area contributed by atoms with E-state index in [2.05, 4.69) is 5.32 Å². The maximum absolute atomic E-state index is 11.8. The second-order valence-electron chi connectivity index (χ2n) is 3.44. The summed E-state index contributed by atoms with van der Waals surface area (Å²) >= 11 is 0. The fraction of sp³-hybridized carbons (Fsp3) is 1.00. The quantitative estimate of drug-likeness (QED) is 0.711. The van der Waals surface area contributed by atoms with Crippen molar-refractivity contribution >= 4 is 10.8 Å². The van der Waals surface area contributed by atoms with E-state index in [1.54, 1.807) is 7.11 Å². The first kappa shape index (κ1) is 11.1. The molecule has 0 radical (unpaired) electrons. The van der Waals surface area contributed by atoms with Gasteiger partial charge in [-0.05, 0) is 19.9 Å². The molecule has 78 valence electrons. The molecule has 1 fully saturated rings. The molecule has 1 rings (SSSR count). The van der Waals surface area contributed by atoms with Crippen LogP contribution < -0.4 is 5.32 Å². The molecule has 0 bridgehead atoms. The van der Waals surface area contributed by atoms with E-state index in [1.165, 1.54) is 12.8 Å². The van der Waals surface area contributed by atoms with Crippen LogP contribution in [0.15, 0.2) is 0 Å². The van der Waals surface area contributed by atoms with E-state index in [-0.39, 0.29) is 0 Å². The van der Waals surface area contributed by atoms with Crippen molar-refractivity contribution in [2.75, 3.05) is 26.5 Å². The predicted molar refractivity (Wildman–Crippen MR) is 55.4 cm³/mol. The second kappa shape index (κ2) is 5.73. The summed E-state index contributed by atoms with van der Waals surface area (Å²) in [6, 6.07) is 0.456. The molecule has 0 aromatic carbocycles. The molecule has 0 aromatic rings. The summed E-state index contributed by atoms with van der Waals surface area (Å²) in [5.41, 5.74) is 0. The van der Waals surface area contributed by atoms with Crippen molar-refractivity contribution in [3.05, 3.63) is 0 Å². The Kier molecular flexibility index (Phi) is 4.91. The molecule has 0 heterocycles. The van der Waals surface area contributed by atoms with Crippen molar-refractivity contribution in [3.63, 3.8) is 0 Å². The predicted octanol–water partition coefficient (Wildman–Crippen LogP) is 0.522. The van der Waals surface area contributed by atoms with Crippen molar-refractivity contribution in [2.45, 2.75) is 30.6 Å². The number of hydrogen-bond donors (Lipinski definition) is 1. The van der Waals surface area contributed by atoms with Crippen LogP contribution in [0.2, 0.25) is 0 Å². The van der Waals surface area contributed by atoms with Crippen molar-refractivity contribution in [3.8, 4) is 0 Å². The van der Waals surface area contributed by atoms with Gasteiger partial charge in [-0.3, -0.25) is 4.21 Å². The van der Waals surface area contributed by atoms with E-state index in [1.807, 2.05) is 7.05 Å². The van der Waals surface area contributed by atoms with E-state index in [0.29, 0.717) is 23.7 Å². The number of ether oxygens (including phenoxy) is 1. The molecule has 1 saturated carbocycles. The van der Waals surface area contributed by atoms with Gasteiger partial charge >= 0.3 is 0 Å². The fourth-order valence-electron chi connectivity index (χ4n) is 1.89. The Labute approximate surface area is 82.7 Å². The summed E-state index contributed by atoms with van der Waals surface area (Å²) in [4.78, 5) is 0. The molecular formula is C9H19NO2S. The lowest BCUT2D eigenvalue weighted by molar-refractivity contribution is 0.217. The molecule has 3 unspecified atom stereocenters. The van der Waals surface area contributed by atoms with Crippen LogP contribution in [0.3, 0.4) is 0 Å². The summed E-state index contributed by atoms with van der Waals surface area (Å²) in [6.45, 7) is 0.611. The van der Waals surface area contributed by atoms with Crippen molar-refractivity contribution in [1.29, 1.82) is 0 Å². The van der Waals surface area contributed by atoms with E-state index in [0.717, 1.165) is 6.42 Å². The van der Waals surface area contributed by atoms with Gasteiger partial charge in [-0.25, -0.2) is 0 Å². The van der Waals surface area contributed by atoms with Crippen molar-refractivity contribution < 1.29 is 8.95 Å². The second-order valence-corrected chi connectivity index (χ2v) is 5.22. The Balaban J connectivity index is 2.36. The van der Waals surface area contributed by atoms with Gasteiger partial charge in [0.05, 0.1) is 11.9 Å². The highest BCUT2D eigenvalue weighted by molar-refractivity contribution is 7.85. The van der Waals surface area contributed by atoms with Gasteiger partial charge in [0.15, 0.2) is 0 Å². The van der Waals surface area contributed by atoms with E-state index in [9.17, 15) is 4.21 Å². The minimum absolute atomic E-state index is 0.347. The lowest BCUT2D eigenvalue weighted by Crippen LogP contribution is -2.36. The number of nitrogens with one attached hydrogen (secondary N) is 1. The van der Waals surface area contributed by atoms with Gasteiger partial charge in [0.1, 0.15) is 0 Å². The zero-order valence-electron chi connectivity index (χ0n) is 8.41. The van der Waals surface area contributed by atoms with Gasteiger partial charge < -0.3 is 10.1 Å². The van der Waals surface area contributed by atoms with Gasteiger partial charge in [-0.1, -0.05) is 6.42 Å². The Morgan fingerprint density at radius 1 is 1.54 bits per heavy atom. The SMILES string of the molecule is CNC1CCCC1S(=O)CCOC. The van der Waals surface area contributed by atoms with Crippen LogP contribution in [0.5, 0.6) is 0 Å². The van der Waals surface area contributed by atoms with Crippen LogP contribution in [0.25, 0.3) is 0 Å². The Hall–Kier alpha value is 0.0700. The molecule has 1 N–H and O–H groups in total. The summed E-state index contributed by atoms with van der Waals surface area (Å²) in [5.74, 6) is 0.680. The highest BCUT2D eigenvalue weighted by atomic mass is 32.2. The molecule has 1 aliphatic carbocycles. The lowest BCUT2D eigenvalue weighted by atomic mass is 10.2. The smallest absolute Gasteiger partial charge is 0.0577 e. The summed E-state index contributed by atoms with van der Waals surface area (Å²) in [6.07, 6.45) is 3.47. The molecule has 3 atom stereocenters. The molecule has 0 amide bonds. The topological polar surface area (TPSA) is 38.3 Å². The normalized spacial score (nSPS) is 30.6. The lowest BCUT2D eigenvalue weighted by Gasteiger charge is -2.17. The van der Waals surface area contributed by atoms with Gasteiger partial charge in [0.25, 0.3) is 0 Å². The van der Waals surface area contributed by atoms with Gasteiger partial charge in [-0.15, -0.1) is 0 Å². The average molecular weight is 205 g/mol. The van der Waals surface area contributed by atoms with Crippen molar-refractivity contribution in [2.24, 2.45) is 0 Å². The largest absolute Gasteiger partial charge is 0.384 e. The van der Waals surface area contributed by atoms with Crippen molar-refractivity contribution in [1.82, 2.24) is 5.32 Å². The average Bonchev–Trinajstić information content (AvgIpc) is 2.61. The highest BCUT2D eigenvalue weighted by Crippen LogP contribution is 2.23. The maximum Gasteiger partial charge on any atom is 0.0577 e. The van der Waals surface area contributed by atoms with E-state index in [4.69, 9.17) is 4.74 Å². The first-order valence-corrected chi connectivity index (χ1v) is 6.21. The van der Waals surface area contributed by atoms with Gasteiger partial charge in [-0.2, -0.15) is 0 Å². The monoisotopic (exact) mass is 205 g/mol. The number of methoxy groups -OCH3 is 1. The standard InChI is InChI=1S/C9H19NO2S/c1-10-8-4-3-5-9(8)13(11)7-6-12-2/h8-10H,3-7H2,1-2H3. The Morgan fingerprint density at radius 3 is 2.92 bits per heavy atom. The molecule has 0 aliphatic heterocycles. The third-order valence-electron chi connectivity index (χ3n) is 2.65. The van der Waals surface area contributed by atoms with E-state index >= 15 is 0 Å². The van der Waals surface area contributed by atoms with Crippen LogP contribution in [0.4, 0.5) is 0 Å². The van der Waals surface area contributed by atoms with Crippen LogP contribution in [-0.4, -0.2) is 42.0 Å². The maximum atomic E-state index is 11.8. The minimum Gasteiger partial charge on any atom is -0.384 e. The van der Waals surface area contributed by atoms with Crippen LogP contribution in [-0.2, 0) is 15.5 Å². The fourth-order valence-corrected chi connectivity index (χ4v) is 3.59. The molecule has 0 aromatic heterocycles. The molecule has 13 heavy (non-hydrogen) atoms. The Bertz CT molecular complexity index is 175. The summed E-state index contributed by atoms with van der Waals surface area (Å²) < 4.78 is 16.7. The summed E-state index contributed by atoms with van der Waals surface area (Å²) in [5, 5.41) is 3.58. The molecule has 1 aliphatic rings. The molecular weight excluding hydrogens is 186 g/mol. The number of hydrogen-bond acceptors (Lipinski definition) is 3. The molecule has 4 heteroatoms. The van der Waals surface area contributed by atoms with Crippen LogP contribution in [0, 0.1) is 0 Å². The van der Waals surface area contributed by atoms with Gasteiger partial charge in [0.2, 0.25) is 0 Å². The third kappa shape index (κ3) is 3.04. The Morgan fingerprint density at radius 2 is 2.31 bits per heavy atom. The highest BCUT2D eigenvalue weighted by Gasteiger charge is 2.30. The number of rotatable bonds is 5.